The van der Waals surface area contributed by atoms with Crippen LogP contribution in [0.5, 0.6) is 0 Å². The predicted octanol–water partition coefficient (Wildman–Crippen LogP) is 7.25. The molecule has 0 aliphatic carbocycles. The van der Waals surface area contributed by atoms with Gasteiger partial charge in [0.25, 0.3) is 0 Å². The molecule has 2 aromatic heterocycles. The molecular formula is C32H28ClF3N8O. The van der Waals surface area contributed by atoms with E-state index < -0.39 is 11.7 Å². The zero-order chi connectivity index (χ0) is 31.6. The lowest BCUT2D eigenvalue weighted by Crippen LogP contribution is -2.35. The Bertz CT molecular complexity index is 1780. The zero-order valence-corrected chi connectivity index (χ0v) is 24.7. The molecule has 2 aromatic carbocycles. The van der Waals surface area contributed by atoms with E-state index in [2.05, 4.69) is 30.9 Å². The number of pyridine rings is 1. The van der Waals surface area contributed by atoms with Crippen LogP contribution in [0.2, 0.25) is 5.02 Å². The number of fused-ring (bicyclic) bond motifs is 6. The van der Waals surface area contributed by atoms with Crippen LogP contribution in [-0.2, 0) is 23.8 Å². The quantitative estimate of drug-likeness (QED) is 0.215. The highest BCUT2D eigenvalue weighted by Gasteiger charge is 2.35. The highest BCUT2D eigenvalue weighted by atomic mass is 35.5. The number of nitriles is 1. The van der Waals surface area contributed by atoms with Gasteiger partial charge in [0.1, 0.15) is 11.1 Å². The Labute approximate surface area is 262 Å². The summed E-state index contributed by atoms with van der Waals surface area (Å²) in [5, 5.41) is 19.3. The first-order valence-corrected chi connectivity index (χ1v) is 14.8. The first-order valence-electron chi connectivity index (χ1n) is 14.4. The van der Waals surface area contributed by atoms with E-state index in [1.165, 1.54) is 12.3 Å². The Kier molecular flexibility index (Phi) is 8.45. The number of anilines is 6. The Morgan fingerprint density at radius 1 is 1.07 bits per heavy atom. The number of hydrogen-bond donors (Lipinski definition) is 3. The van der Waals surface area contributed by atoms with E-state index in [0.717, 1.165) is 28.6 Å². The minimum atomic E-state index is -4.61. The molecule has 0 radical (unpaired) electrons. The Morgan fingerprint density at radius 3 is 2.67 bits per heavy atom. The van der Waals surface area contributed by atoms with Crippen LogP contribution in [0, 0.1) is 17.2 Å². The molecule has 3 N–H and O–H groups in total. The van der Waals surface area contributed by atoms with Crippen molar-refractivity contribution in [2.24, 2.45) is 5.92 Å². The van der Waals surface area contributed by atoms with Crippen molar-refractivity contribution >= 4 is 52.0 Å². The third kappa shape index (κ3) is 6.94. The number of benzene rings is 2. The van der Waals surface area contributed by atoms with E-state index in [4.69, 9.17) is 11.6 Å². The third-order valence-corrected chi connectivity index (χ3v) is 8.29. The van der Waals surface area contributed by atoms with Gasteiger partial charge in [-0.1, -0.05) is 17.7 Å². The van der Waals surface area contributed by atoms with Gasteiger partial charge in [-0.15, -0.1) is 0 Å². The van der Waals surface area contributed by atoms with Crippen LogP contribution in [0.15, 0.2) is 61.1 Å². The number of rotatable bonds is 4. The highest BCUT2D eigenvalue weighted by molar-refractivity contribution is 6.32. The molecule has 0 unspecified atom stereocenters. The molecule has 0 saturated carbocycles. The maximum absolute atomic E-state index is 13.5. The number of aryl methyl sites for hydroxylation is 2. The minimum absolute atomic E-state index is 0.0546. The van der Waals surface area contributed by atoms with Crippen LogP contribution in [0.1, 0.15) is 41.5 Å². The number of amides is 1. The van der Waals surface area contributed by atoms with Gasteiger partial charge < -0.3 is 20.9 Å². The number of carbonyl (C=O) groups excluding carboxylic acids is 1. The normalized spacial score (nSPS) is 15.0. The van der Waals surface area contributed by atoms with Crippen molar-refractivity contribution < 1.29 is 18.0 Å². The molecule has 1 amide bonds. The molecule has 45 heavy (non-hydrogen) atoms. The van der Waals surface area contributed by atoms with E-state index in [0.29, 0.717) is 61.2 Å². The van der Waals surface area contributed by atoms with Crippen LogP contribution in [-0.4, -0.2) is 33.9 Å². The SMILES string of the molecule is N#Cc1c(N2CCC(CC(=O)Nc3ccc4cc3CCc3cncc(c3)Nc3ncc(Cl)c(n3)N4)CC2)cccc1C(F)(F)F. The van der Waals surface area contributed by atoms with E-state index in [-0.39, 0.29) is 29.5 Å². The molecule has 0 spiro atoms. The summed E-state index contributed by atoms with van der Waals surface area (Å²) in [6.45, 7) is 0.906. The maximum Gasteiger partial charge on any atom is 0.417 e. The lowest BCUT2D eigenvalue weighted by Gasteiger charge is -2.34. The molecule has 1 fully saturated rings. The van der Waals surface area contributed by atoms with Crippen molar-refractivity contribution in [2.45, 2.75) is 38.3 Å². The van der Waals surface area contributed by atoms with Gasteiger partial charge in [0, 0.05) is 37.1 Å². The van der Waals surface area contributed by atoms with Gasteiger partial charge >= 0.3 is 6.18 Å². The lowest BCUT2D eigenvalue weighted by molar-refractivity contribution is -0.137. The lowest BCUT2D eigenvalue weighted by atomic mass is 9.92. The van der Waals surface area contributed by atoms with Gasteiger partial charge in [0.15, 0.2) is 5.82 Å². The molecule has 9 nitrogen and oxygen atoms in total. The van der Waals surface area contributed by atoms with Crippen molar-refractivity contribution in [1.29, 1.82) is 5.26 Å². The van der Waals surface area contributed by atoms with Gasteiger partial charge in [-0.25, -0.2) is 4.98 Å². The Morgan fingerprint density at radius 2 is 1.89 bits per heavy atom. The van der Waals surface area contributed by atoms with Gasteiger partial charge in [-0.3, -0.25) is 9.78 Å². The third-order valence-electron chi connectivity index (χ3n) is 8.01. The second kappa shape index (κ2) is 12.6. The fourth-order valence-electron chi connectivity index (χ4n) is 5.75. The average Bonchev–Trinajstić information content (AvgIpc) is 3.02. The Hall–Kier alpha value is -4.89. The zero-order valence-electron chi connectivity index (χ0n) is 24.0. The number of nitrogens with zero attached hydrogens (tertiary/aromatic N) is 5. The van der Waals surface area contributed by atoms with Crippen LogP contribution >= 0.6 is 11.6 Å². The van der Waals surface area contributed by atoms with Crippen molar-refractivity contribution in [2.75, 3.05) is 33.9 Å². The molecule has 4 aromatic rings. The number of piperidine rings is 1. The first-order chi connectivity index (χ1) is 21.7. The fraction of sp³-hybridized carbons (Fsp3) is 0.281. The van der Waals surface area contributed by atoms with Gasteiger partial charge in [-0.2, -0.15) is 23.4 Å². The summed E-state index contributed by atoms with van der Waals surface area (Å²) in [6.07, 6.45) is 3.19. The first kappa shape index (κ1) is 30.1. The topological polar surface area (TPSA) is 119 Å². The summed E-state index contributed by atoms with van der Waals surface area (Å²) in [7, 11) is 0. The molecule has 2 aliphatic rings. The summed E-state index contributed by atoms with van der Waals surface area (Å²) in [5.74, 6) is 0.717. The second-order valence-electron chi connectivity index (χ2n) is 11.1. The minimum Gasteiger partial charge on any atom is -0.370 e. The van der Waals surface area contributed by atoms with E-state index >= 15 is 0 Å². The van der Waals surface area contributed by atoms with Crippen molar-refractivity contribution in [1.82, 2.24) is 15.0 Å². The summed E-state index contributed by atoms with van der Waals surface area (Å²) in [5.41, 5.74) is 3.07. The predicted molar refractivity (Wildman–Crippen MR) is 166 cm³/mol. The average molecular weight is 633 g/mol. The molecule has 0 atom stereocenters. The maximum atomic E-state index is 13.5. The fourth-order valence-corrected chi connectivity index (χ4v) is 5.89. The Balaban J connectivity index is 1.15. The second-order valence-corrected chi connectivity index (χ2v) is 11.5. The number of alkyl halides is 3. The highest BCUT2D eigenvalue weighted by Crippen LogP contribution is 2.37. The number of aromatic nitrogens is 3. The van der Waals surface area contributed by atoms with E-state index in [1.807, 2.05) is 24.3 Å². The molecule has 6 rings (SSSR count). The van der Waals surface area contributed by atoms with E-state index in [1.54, 1.807) is 29.4 Å². The summed E-state index contributed by atoms with van der Waals surface area (Å²) in [4.78, 5) is 28.1. The molecule has 2 aliphatic heterocycles. The molecular weight excluding hydrogens is 605 g/mol. The molecule has 4 heterocycles. The number of carbonyl (C=O) groups is 1. The summed E-state index contributed by atoms with van der Waals surface area (Å²) in [6, 6.07) is 13.2. The molecule has 230 valence electrons. The van der Waals surface area contributed by atoms with E-state index in [9.17, 15) is 23.2 Å². The molecule has 13 heteroatoms. The number of halogens is 4. The van der Waals surface area contributed by atoms with Gasteiger partial charge in [0.05, 0.1) is 34.9 Å². The van der Waals surface area contributed by atoms with Gasteiger partial charge in [0.2, 0.25) is 11.9 Å². The van der Waals surface area contributed by atoms with Crippen LogP contribution in [0.3, 0.4) is 0 Å². The summed E-state index contributed by atoms with van der Waals surface area (Å²) < 4.78 is 40.4. The van der Waals surface area contributed by atoms with Crippen LogP contribution in [0.25, 0.3) is 0 Å². The van der Waals surface area contributed by atoms with Crippen molar-refractivity contribution in [3.8, 4) is 6.07 Å². The van der Waals surface area contributed by atoms with Crippen molar-refractivity contribution in [3.05, 3.63) is 88.3 Å². The smallest absolute Gasteiger partial charge is 0.370 e. The number of hydrogen-bond acceptors (Lipinski definition) is 8. The standard InChI is InChI=1S/C32H28ClF3N8O/c33-26-18-39-31-41-23-12-20(16-38-17-23)4-5-21-14-22(40-30(26)43-31)6-7-27(21)42-29(45)13-19-8-10-44(11-9-19)28-3-1-2-25(24(28)15-37)32(34,35)36/h1-3,6-7,12,14,16-19H,4-5,8-11,13H2,(H,42,45)(H2,39,40,41,43). The van der Waals surface area contributed by atoms with Gasteiger partial charge in [-0.05, 0) is 79.1 Å². The monoisotopic (exact) mass is 632 g/mol. The largest absolute Gasteiger partial charge is 0.417 e. The van der Waals surface area contributed by atoms with Crippen molar-refractivity contribution in [3.63, 3.8) is 0 Å². The summed E-state index contributed by atoms with van der Waals surface area (Å²) >= 11 is 6.36. The van der Waals surface area contributed by atoms with Crippen LogP contribution in [0.4, 0.5) is 47.7 Å². The molecule has 1 saturated heterocycles. The van der Waals surface area contributed by atoms with Crippen LogP contribution < -0.4 is 20.9 Å². The molecule has 6 bridgehead atoms. The number of nitrogens with one attached hydrogen (secondary N) is 3.